The molecule has 0 radical (unpaired) electrons. The topological polar surface area (TPSA) is 89.2 Å². The molecule has 7 nitrogen and oxygen atoms in total. The van der Waals surface area contributed by atoms with Crippen molar-refractivity contribution < 1.29 is 21.7 Å². The Hall–Kier alpha value is -2.72. The molecule has 0 bridgehead atoms. The first kappa shape index (κ1) is 19.6. The van der Waals surface area contributed by atoms with Gasteiger partial charge in [-0.05, 0) is 44.9 Å². The number of aryl methyl sites for hydroxylation is 2. The van der Waals surface area contributed by atoms with Gasteiger partial charge in [0.05, 0.1) is 27.9 Å². The Labute approximate surface area is 166 Å². The van der Waals surface area contributed by atoms with Gasteiger partial charge < -0.3 is 4.52 Å². The van der Waals surface area contributed by atoms with Gasteiger partial charge in [0.2, 0.25) is 10.0 Å². The zero-order chi connectivity index (χ0) is 20.8. The summed E-state index contributed by atoms with van der Waals surface area (Å²) in [6.07, 6.45) is 2.71. The molecule has 1 atom stereocenters. The second-order valence-corrected chi connectivity index (χ2v) is 8.79. The molecule has 1 aliphatic heterocycles. The summed E-state index contributed by atoms with van der Waals surface area (Å²) in [7, 11) is -4.06. The minimum Gasteiger partial charge on any atom is -0.356 e. The zero-order valence-corrected chi connectivity index (χ0v) is 16.6. The second-order valence-electron chi connectivity index (χ2n) is 6.90. The van der Waals surface area contributed by atoms with Crippen LogP contribution in [-0.2, 0) is 10.0 Å². The van der Waals surface area contributed by atoms with Crippen LogP contribution in [0.1, 0.15) is 36.1 Å². The van der Waals surface area contributed by atoms with Crippen LogP contribution in [0.2, 0.25) is 0 Å². The van der Waals surface area contributed by atoms with Gasteiger partial charge in [-0.1, -0.05) is 5.16 Å². The van der Waals surface area contributed by atoms with Crippen LogP contribution in [0.25, 0.3) is 11.3 Å². The largest absolute Gasteiger partial charge is 0.356 e. The van der Waals surface area contributed by atoms with Crippen LogP contribution in [-0.4, -0.2) is 34.4 Å². The molecule has 3 heterocycles. The molecule has 1 saturated heterocycles. The van der Waals surface area contributed by atoms with Gasteiger partial charge in [-0.3, -0.25) is 0 Å². The zero-order valence-electron chi connectivity index (χ0n) is 15.8. The SMILES string of the molecule is Cc1cc(-c2cnc(C)nc2C2CCCN2S(=O)(=O)c2ccc(F)c(F)c2)on1. The van der Waals surface area contributed by atoms with Crippen molar-refractivity contribution in [1.82, 2.24) is 19.4 Å². The number of sulfonamides is 1. The highest BCUT2D eigenvalue weighted by Crippen LogP contribution is 2.39. The smallest absolute Gasteiger partial charge is 0.243 e. The summed E-state index contributed by atoms with van der Waals surface area (Å²) in [5.41, 5.74) is 1.72. The Morgan fingerprint density at radius 1 is 1.17 bits per heavy atom. The van der Waals surface area contributed by atoms with Gasteiger partial charge in [0.25, 0.3) is 0 Å². The molecular formula is C19H18F2N4O3S. The molecule has 0 aliphatic carbocycles. The third-order valence-electron chi connectivity index (χ3n) is 4.85. The average Bonchev–Trinajstić information content (AvgIpc) is 3.33. The lowest BCUT2D eigenvalue weighted by atomic mass is 10.0. The predicted octanol–water partition coefficient (Wildman–Crippen LogP) is 3.55. The fraction of sp³-hybridized carbons (Fsp3) is 0.316. The molecule has 2 aromatic heterocycles. The van der Waals surface area contributed by atoms with E-state index >= 15 is 0 Å². The summed E-state index contributed by atoms with van der Waals surface area (Å²) < 4.78 is 59.9. The van der Waals surface area contributed by atoms with Crippen molar-refractivity contribution >= 4 is 10.0 Å². The summed E-state index contributed by atoms with van der Waals surface area (Å²) in [6, 6.07) is 3.71. The fourth-order valence-electron chi connectivity index (χ4n) is 3.50. The molecule has 0 saturated carbocycles. The van der Waals surface area contributed by atoms with Crippen molar-refractivity contribution in [2.45, 2.75) is 37.6 Å². The number of hydrogen-bond acceptors (Lipinski definition) is 6. The molecule has 0 amide bonds. The van der Waals surface area contributed by atoms with E-state index in [0.717, 1.165) is 12.1 Å². The summed E-state index contributed by atoms with van der Waals surface area (Å²) in [5.74, 6) is -1.39. The van der Waals surface area contributed by atoms with E-state index in [1.54, 1.807) is 26.1 Å². The third kappa shape index (κ3) is 3.53. The molecule has 10 heteroatoms. The molecule has 0 N–H and O–H groups in total. The van der Waals surface area contributed by atoms with Crippen LogP contribution in [0.15, 0.2) is 39.9 Å². The quantitative estimate of drug-likeness (QED) is 0.641. The van der Waals surface area contributed by atoms with E-state index < -0.39 is 27.7 Å². The van der Waals surface area contributed by atoms with Crippen LogP contribution in [0.4, 0.5) is 8.78 Å². The van der Waals surface area contributed by atoms with Crippen molar-refractivity contribution in [3.05, 3.63) is 59.3 Å². The van der Waals surface area contributed by atoms with Crippen molar-refractivity contribution in [3.63, 3.8) is 0 Å². The summed E-state index contributed by atoms with van der Waals surface area (Å²) >= 11 is 0. The van der Waals surface area contributed by atoms with E-state index in [2.05, 4.69) is 15.1 Å². The molecule has 1 aromatic carbocycles. The second kappa shape index (κ2) is 7.27. The number of nitrogens with zero attached hydrogens (tertiary/aromatic N) is 4. The lowest BCUT2D eigenvalue weighted by Gasteiger charge is -2.25. The third-order valence-corrected chi connectivity index (χ3v) is 6.75. The van der Waals surface area contributed by atoms with Gasteiger partial charge in [0.1, 0.15) is 5.82 Å². The Morgan fingerprint density at radius 2 is 1.97 bits per heavy atom. The fourth-order valence-corrected chi connectivity index (χ4v) is 5.17. The molecule has 29 heavy (non-hydrogen) atoms. The maximum atomic E-state index is 13.7. The number of halogens is 2. The first-order valence-corrected chi connectivity index (χ1v) is 10.5. The summed E-state index contributed by atoms with van der Waals surface area (Å²) in [5, 5.41) is 3.88. The lowest BCUT2D eigenvalue weighted by Crippen LogP contribution is -2.31. The van der Waals surface area contributed by atoms with Gasteiger partial charge in [0, 0.05) is 18.8 Å². The minimum atomic E-state index is -4.06. The standard InChI is InChI=1S/C19H18F2N4O3S/c1-11-8-18(28-24-11)14-10-22-12(2)23-19(14)17-4-3-7-25(17)29(26,27)13-5-6-15(20)16(21)9-13/h5-6,8-10,17H,3-4,7H2,1-2H3. The molecule has 0 spiro atoms. The number of rotatable bonds is 4. The van der Waals surface area contributed by atoms with E-state index in [0.29, 0.717) is 47.4 Å². The van der Waals surface area contributed by atoms with Gasteiger partial charge in [0.15, 0.2) is 17.4 Å². The number of benzene rings is 1. The number of aromatic nitrogens is 3. The number of hydrogen-bond donors (Lipinski definition) is 0. The molecule has 4 rings (SSSR count). The summed E-state index contributed by atoms with van der Waals surface area (Å²) in [4.78, 5) is 8.40. The Bertz CT molecular complexity index is 1180. The van der Waals surface area contributed by atoms with Crippen molar-refractivity contribution in [3.8, 4) is 11.3 Å². The highest BCUT2D eigenvalue weighted by atomic mass is 32.2. The van der Waals surface area contributed by atoms with Crippen molar-refractivity contribution in [1.29, 1.82) is 0 Å². The highest BCUT2D eigenvalue weighted by Gasteiger charge is 2.39. The predicted molar refractivity (Wildman–Crippen MR) is 99.2 cm³/mol. The van der Waals surface area contributed by atoms with Crippen LogP contribution in [0.3, 0.4) is 0 Å². The molecule has 1 aliphatic rings. The normalized spacial score (nSPS) is 17.7. The van der Waals surface area contributed by atoms with E-state index in [1.165, 1.54) is 4.31 Å². The minimum absolute atomic E-state index is 0.240. The van der Waals surface area contributed by atoms with E-state index in [9.17, 15) is 17.2 Å². The van der Waals surface area contributed by atoms with Gasteiger partial charge >= 0.3 is 0 Å². The monoisotopic (exact) mass is 420 g/mol. The molecule has 3 aromatic rings. The van der Waals surface area contributed by atoms with Crippen LogP contribution in [0, 0.1) is 25.5 Å². The molecule has 1 unspecified atom stereocenters. The van der Waals surface area contributed by atoms with Crippen molar-refractivity contribution in [2.75, 3.05) is 6.54 Å². The van der Waals surface area contributed by atoms with Gasteiger partial charge in [-0.2, -0.15) is 4.31 Å². The van der Waals surface area contributed by atoms with Crippen LogP contribution < -0.4 is 0 Å². The molecule has 152 valence electrons. The maximum Gasteiger partial charge on any atom is 0.243 e. The van der Waals surface area contributed by atoms with E-state index in [1.807, 2.05) is 0 Å². The average molecular weight is 420 g/mol. The Balaban J connectivity index is 1.79. The maximum absolute atomic E-state index is 13.7. The van der Waals surface area contributed by atoms with E-state index in [-0.39, 0.29) is 11.4 Å². The highest BCUT2D eigenvalue weighted by molar-refractivity contribution is 7.89. The van der Waals surface area contributed by atoms with E-state index in [4.69, 9.17) is 4.52 Å². The van der Waals surface area contributed by atoms with Crippen LogP contribution in [0.5, 0.6) is 0 Å². The van der Waals surface area contributed by atoms with Gasteiger partial charge in [-0.15, -0.1) is 0 Å². The first-order valence-electron chi connectivity index (χ1n) is 9.01. The van der Waals surface area contributed by atoms with Gasteiger partial charge in [-0.25, -0.2) is 27.2 Å². The summed E-state index contributed by atoms with van der Waals surface area (Å²) in [6.45, 7) is 3.73. The Morgan fingerprint density at radius 3 is 2.66 bits per heavy atom. The molecule has 1 fully saturated rings. The Kier molecular flexibility index (Phi) is 4.91. The first-order chi connectivity index (χ1) is 13.8. The molecular weight excluding hydrogens is 402 g/mol. The lowest BCUT2D eigenvalue weighted by molar-refractivity contribution is 0.386. The van der Waals surface area contributed by atoms with Crippen molar-refractivity contribution in [2.24, 2.45) is 0 Å². The van der Waals surface area contributed by atoms with Crippen LogP contribution >= 0.6 is 0 Å².